The Morgan fingerprint density at radius 2 is 2.25 bits per heavy atom. The molecular weight excluding hydrogens is 266 g/mol. The predicted octanol–water partition coefficient (Wildman–Crippen LogP) is 2.34. The molecule has 1 N–H and O–H groups in total. The van der Waals surface area contributed by atoms with Crippen molar-refractivity contribution in [2.75, 3.05) is 25.0 Å². The van der Waals surface area contributed by atoms with Crippen LogP contribution < -0.4 is 10.2 Å². The Morgan fingerprint density at radius 1 is 1.50 bits per heavy atom. The predicted molar refractivity (Wildman–Crippen MR) is 71.0 cm³/mol. The monoisotopic (exact) mass is 283 g/mol. The molecule has 88 valence electrons. The van der Waals surface area contributed by atoms with Gasteiger partial charge in [0.15, 0.2) is 0 Å². The minimum Gasteiger partial charge on any atom is -0.358 e. The van der Waals surface area contributed by atoms with Crippen molar-refractivity contribution in [3.8, 4) is 0 Å². The van der Waals surface area contributed by atoms with E-state index in [0.717, 1.165) is 35.1 Å². The highest BCUT2D eigenvalue weighted by Crippen LogP contribution is 2.19. The molecule has 1 aromatic heterocycles. The van der Waals surface area contributed by atoms with E-state index in [-0.39, 0.29) is 0 Å². The molecule has 0 bridgehead atoms. The number of hydrogen-bond donors (Lipinski definition) is 1. The number of rotatable bonds is 5. The highest BCUT2D eigenvalue weighted by Gasteiger charge is 2.19. The van der Waals surface area contributed by atoms with Crippen molar-refractivity contribution in [3.05, 3.63) is 22.3 Å². The van der Waals surface area contributed by atoms with Crippen LogP contribution in [0.2, 0.25) is 0 Å². The van der Waals surface area contributed by atoms with Gasteiger partial charge in [-0.25, -0.2) is 4.98 Å². The average molecular weight is 284 g/mol. The maximum Gasteiger partial charge on any atom is 0.128 e. The molecule has 0 unspecified atom stereocenters. The Hall–Kier alpha value is -0.610. The maximum atomic E-state index is 4.54. The van der Waals surface area contributed by atoms with Crippen LogP contribution in [0.3, 0.4) is 0 Å². The molecule has 3 nitrogen and oxygen atoms in total. The summed E-state index contributed by atoms with van der Waals surface area (Å²) >= 11 is 3.47. The molecule has 0 atom stereocenters. The van der Waals surface area contributed by atoms with Gasteiger partial charge in [-0.1, -0.05) is 0 Å². The minimum absolute atomic E-state index is 0.785. The van der Waals surface area contributed by atoms with E-state index in [1.807, 2.05) is 13.0 Å². The number of hydrogen-bond acceptors (Lipinski definition) is 3. The quantitative estimate of drug-likeness (QED) is 0.899. The van der Waals surface area contributed by atoms with Crippen molar-refractivity contribution in [2.24, 2.45) is 0 Å². The third-order valence-electron chi connectivity index (χ3n) is 2.86. The summed E-state index contributed by atoms with van der Waals surface area (Å²) < 4.78 is 1.07. The SMILES string of the molecule is Cc1nc(N(C)CCNC2CC2)ccc1Br. The van der Waals surface area contributed by atoms with Crippen LogP contribution in [0.1, 0.15) is 18.5 Å². The van der Waals surface area contributed by atoms with Crippen LogP contribution in [0, 0.1) is 6.92 Å². The number of anilines is 1. The standard InChI is InChI=1S/C12H18BrN3/c1-9-11(13)5-6-12(15-9)16(2)8-7-14-10-3-4-10/h5-6,10,14H,3-4,7-8H2,1-2H3. The number of halogens is 1. The zero-order chi connectivity index (χ0) is 11.5. The molecule has 0 spiro atoms. The van der Waals surface area contributed by atoms with Crippen LogP contribution in [-0.2, 0) is 0 Å². The van der Waals surface area contributed by atoms with Crippen LogP contribution in [0.5, 0.6) is 0 Å². The van der Waals surface area contributed by atoms with E-state index in [4.69, 9.17) is 0 Å². The van der Waals surface area contributed by atoms with Crippen LogP contribution in [0.4, 0.5) is 5.82 Å². The molecule has 1 heterocycles. The zero-order valence-corrected chi connectivity index (χ0v) is 11.4. The first kappa shape index (κ1) is 11.9. The van der Waals surface area contributed by atoms with Gasteiger partial charge in [-0.15, -0.1) is 0 Å². The molecular formula is C12H18BrN3. The van der Waals surface area contributed by atoms with Crippen molar-refractivity contribution < 1.29 is 0 Å². The summed E-state index contributed by atoms with van der Waals surface area (Å²) in [5, 5.41) is 3.50. The summed E-state index contributed by atoms with van der Waals surface area (Å²) in [6.07, 6.45) is 2.69. The summed E-state index contributed by atoms with van der Waals surface area (Å²) in [6, 6.07) is 4.89. The Morgan fingerprint density at radius 3 is 2.88 bits per heavy atom. The van der Waals surface area contributed by atoms with Gasteiger partial charge in [0.2, 0.25) is 0 Å². The van der Waals surface area contributed by atoms with Crippen LogP contribution in [0.25, 0.3) is 0 Å². The van der Waals surface area contributed by atoms with E-state index < -0.39 is 0 Å². The van der Waals surface area contributed by atoms with Crippen LogP contribution >= 0.6 is 15.9 Å². The molecule has 1 aromatic rings. The zero-order valence-electron chi connectivity index (χ0n) is 9.83. The Balaban J connectivity index is 1.86. The van der Waals surface area contributed by atoms with Gasteiger partial charge >= 0.3 is 0 Å². The van der Waals surface area contributed by atoms with E-state index in [2.05, 4.69) is 44.2 Å². The first-order valence-corrected chi connectivity index (χ1v) is 6.54. The average Bonchev–Trinajstić information content (AvgIpc) is 3.06. The smallest absolute Gasteiger partial charge is 0.128 e. The highest BCUT2D eigenvalue weighted by molar-refractivity contribution is 9.10. The normalized spacial score (nSPS) is 15.2. The van der Waals surface area contributed by atoms with E-state index in [0.29, 0.717) is 0 Å². The topological polar surface area (TPSA) is 28.2 Å². The van der Waals surface area contributed by atoms with Crippen molar-refractivity contribution in [3.63, 3.8) is 0 Å². The van der Waals surface area contributed by atoms with Gasteiger partial charge in [-0.2, -0.15) is 0 Å². The first-order chi connectivity index (χ1) is 7.66. The molecule has 1 fully saturated rings. The second kappa shape index (κ2) is 5.15. The lowest BCUT2D eigenvalue weighted by Crippen LogP contribution is -2.30. The molecule has 16 heavy (non-hydrogen) atoms. The molecule has 2 rings (SSSR count). The third-order valence-corrected chi connectivity index (χ3v) is 3.69. The minimum atomic E-state index is 0.785. The molecule has 0 saturated heterocycles. The molecule has 0 radical (unpaired) electrons. The number of nitrogens with zero attached hydrogens (tertiary/aromatic N) is 2. The molecule has 1 saturated carbocycles. The van der Waals surface area contributed by atoms with Crippen LogP contribution in [0.15, 0.2) is 16.6 Å². The summed E-state index contributed by atoms with van der Waals surface area (Å²) in [6.45, 7) is 4.06. The number of likely N-dealkylation sites (N-methyl/N-ethyl adjacent to an activating group) is 1. The van der Waals surface area contributed by atoms with Gasteiger partial charge < -0.3 is 10.2 Å². The lowest BCUT2D eigenvalue weighted by Gasteiger charge is -2.19. The molecule has 0 aromatic carbocycles. The van der Waals surface area contributed by atoms with Crippen molar-refractivity contribution in [1.82, 2.24) is 10.3 Å². The van der Waals surface area contributed by atoms with Crippen molar-refractivity contribution in [2.45, 2.75) is 25.8 Å². The van der Waals surface area contributed by atoms with Gasteiger partial charge in [-0.05, 0) is 47.8 Å². The Labute approximate surface area is 105 Å². The molecule has 1 aliphatic carbocycles. The van der Waals surface area contributed by atoms with Gasteiger partial charge in [-0.3, -0.25) is 0 Å². The van der Waals surface area contributed by atoms with Crippen LogP contribution in [-0.4, -0.2) is 31.2 Å². The van der Waals surface area contributed by atoms with E-state index >= 15 is 0 Å². The summed E-state index contributed by atoms with van der Waals surface area (Å²) in [7, 11) is 2.09. The van der Waals surface area contributed by atoms with Gasteiger partial charge in [0.25, 0.3) is 0 Å². The van der Waals surface area contributed by atoms with E-state index in [1.165, 1.54) is 12.8 Å². The Bertz CT molecular complexity index is 363. The second-order valence-electron chi connectivity index (χ2n) is 4.39. The lowest BCUT2D eigenvalue weighted by molar-refractivity contribution is 0.672. The summed E-state index contributed by atoms with van der Waals surface area (Å²) in [5.41, 5.74) is 1.04. The number of aryl methyl sites for hydroxylation is 1. The summed E-state index contributed by atoms with van der Waals surface area (Å²) in [5.74, 6) is 1.04. The van der Waals surface area contributed by atoms with E-state index in [1.54, 1.807) is 0 Å². The van der Waals surface area contributed by atoms with Gasteiger partial charge in [0, 0.05) is 30.7 Å². The number of pyridine rings is 1. The fourth-order valence-electron chi connectivity index (χ4n) is 1.58. The molecule has 4 heteroatoms. The fourth-order valence-corrected chi connectivity index (χ4v) is 1.80. The summed E-state index contributed by atoms with van der Waals surface area (Å²) in [4.78, 5) is 6.73. The molecule has 0 aliphatic heterocycles. The van der Waals surface area contributed by atoms with Gasteiger partial charge in [0.1, 0.15) is 5.82 Å². The van der Waals surface area contributed by atoms with Gasteiger partial charge in [0.05, 0.1) is 5.69 Å². The van der Waals surface area contributed by atoms with Crippen molar-refractivity contribution in [1.29, 1.82) is 0 Å². The fraction of sp³-hybridized carbons (Fsp3) is 0.583. The highest BCUT2D eigenvalue weighted by atomic mass is 79.9. The molecule has 0 amide bonds. The maximum absolute atomic E-state index is 4.54. The third kappa shape index (κ3) is 3.19. The Kier molecular flexibility index (Phi) is 3.82. The lowest BCUT2D eigenvalue weighted by atomic mass is 10.3. The second-order valence-corrected chi connectivity index (χ2v) is 5.24. The number of nitrogens with one attached hydrogen (secondary N) is 1. The van der Waals surface area contributed by atoms with E-state index in [9.17, 15) is 0 Å². The molecule has 1 aliphatic rings. The first-order valence-electron chi connectivity index (χ1n) is 5.74. The largest absolute Gasteiger partial charge is 0.358 e. The number of aromatic nitrogens is 1. The van der Waals surface area contributed by atoms with Crippen molar-refractivity contribution >= 4 is 21.7 Å².